The number of benzene rings is 2. The molecule has 0 aromatic heterocycles. The number of carbonyl (C=O) groups excluding carboxylic acids is 1. The Morgan fingerprint density at radius 1 is 1.00 bits per heavy atom. The van der Waals surface area contributed by atoms with Gasteiger partial charge in [0.05, 0.1) is 6.61 Å². The second-order valence-electron chi connectivity index (χ2n) is 4.81. The van der Waals surface area contributed by atoms with Gasteiger partial charge in [0.25, 0.3) is 0 Å². The molecule has 4 nitrogen and oxygen atoms in total. The van der Waals surface area contributed by atoms with E-state index in [0.29, 0.717) is 0 Å². The van der Waals surface area contributed by atoms with Gasteiger partial charge in [0.1, 0.15) is 5.25 Å². The van der Waals surface area contributed by atoms with Gasteiger partial charge in [-0.05, 0) is 11.1 Å². The van der Waals surface area contributed by atoms with Gasteiger partial charge in [-0.1, -0.05) is 54.6 Å². The summed E-state index contributed by atoms with van der Waals surface area (Å²) in [5.41, 5.74) is 2.23. The van der Waals surface area contributed by atoms with E-state index < -0.39 is 27.5 Å². The van der Waals surface area contributed by atoms with Crippen LogP contribution in [0.1, 0.15) is 10.4 Å². The van der Waals surface area contributed by atoms with Gasteiger partial charge in [-0.25, -0.2) is 8.42 Å². The van der Waals surface area contributed by atoms with Gasteiger partial charge in [-0.3, -0.25) is 4.79 Å². The standard InChI is InChI=1S/C16H16O4S/c1-21(19,20)15(11-17)16(18)14-9-7-13(8-10-14)12-5-3-2-4-6-12/h2-10,15,17H,11H2,1H3. The molecule has 1 N–H and O–H groups in total. The highest BCUT2D eigenvalue weighted by molar-refractivity contribution is 7.92. The van der Waals surface area contributed by atoms with Crippen molar-refractivity contribution in [1.29, 1.82) is 0 Å². The number of aliphatic hydroxyl groups excluding tert-OH is 1. The highest BCUT2D eigenvalue weighted by atomic mass is 32.2. The minimum atomic E-state index is -3.62. The van der Waals surface area contributed by atoms with E-state index in [9.17, 15) is 13.2 Å². The molecule has 0 aliphatic rings. The second-order valence-corrected chi connectivity index (χ2v) is 7.04. The predicted molar refractivity (Wildman–Crippen MR) is 81.9 cm³/mol. The summed E-state index contributed by atoms with van der Waals surface area (Å²) in [4.78, 5) is 12.1. The maximum Gasteiger partial charge on any atom is 0.183 e. The summed E-state index contributed by atoms with van der Waals surface area (Å²) in [6, 6.07) is 16.3. The zero-order chi connectivity index (χ0) is 15.5. The lowest BCUT2D eigenvalue weighted by atomic mass is 10.0. The average Bonchev–Trinajstić information content (AvgIpc) is 2.47. The first kappa shape index (κ1) is 15.4. The van der Waals surface area contributed by atoms with Gasteiger partial charge in [0.2, 0.25) is 0 Å². The molecular weight excluding hydrogens is 288 g/mol. The molecule has 110 valence electrons. The summed E-state index contributed by atoms with van der Waals surface area (Å²) in [7, 11) is -3.62. The number of carbonyl (C=O) groups is 1. The van der Waals surface area contributed by atoms with E-state index >= 15 is 0 Å². The third kappa shape index (κ3) is 3.56. The first-order valence-electron chi connectivity index (χ1n) is 6.43. The Hall–Kier alpha value is -1.98. The zero-order valence-electron chi connectivity index (χ0n) is 11.6. The molecule has 1 atom stereocenters. The molecule has 0 radical (unpaired) electrons. The third-order valence-corrected chi connectivity index (χ3v) is 4.65. The molecule has 5 heteroatoms. The molecule has 0 bridgehead atoms. The predicted octanol–water partition coefficient (Wildman–Crippen LogP) is 1.94. The van der Waals surface area contributed by atoms with E-state index in [-0.39, 0.29) is 5.56 Å². The normalized spacial score (nSPS) is 12.9. The molecule has 0 spiro atoms. The number of aliphatic hydroxyl groups is 1. The monoisotopic (exact) mass is 304 g/mol. The van der Waals surface area contributed by atoms with Gasteiger partial charge in [0, 0.05) is 11.8 Å². The van der Waals surface area contributed by atoms with Crippen LogP contribution in [0.4, 0.5) is 0 Å². The number of rotatable bonds is 5. The van der Waals surface area contributed by atoms with Crippen molar-refractivity contribution in [1.82, 2.24) is 0 Å². The summed E-state index contributed by atoms with van der Waals surface area (Å²) >= 11 is 0. The molecule has 2 aromatic carbocycles. The molecular formula is C16H16O4S. The van der Waals surface area contributed by atoms with E-state index in [1.807, 2.05) is 30.3 Å². The van der Waals surface area contributed by atoms with Gasteiger partial charge >= 0.3 is 0 Å². The molecule has 0 heterocycles. The summed E-state index contributed by atoms with van der Waals surface area (Å²) in [6.07, 6.45) is 0.949. The molecule has 2 aromatic rings. The topological polar surface area (TPSA) is 71.4 Å². The fourth-order valence-electron chi connectivity index (χ4n) is 2.06. The van der Waals surface area contributed by atoms with Crippen LogP contribution in [0, 0.1) is 0 Å². The Kier molecular flexibility index (Phi) is 4.55. The van der Waals surface area contributed by atoms with E-state index in [2.05, 4.69) is 0 Å². The van der Waals surface area contributed by atoms with Crippen LogP contribution in [0.2, 0.25) is 0 Å². The van der Waals surface area contributed by atoms with Crippen LogP contribution < -0.4 is 0 Å². The van der Waals surface area contributed by atoms with E-state index in [0.717, 1.165) is 17.4 Å². The fourth-order valence-corrected chi connectivity index (χ4v) is 2.85. The Balaban J connectivity index is 2.29. The van der Waals surface area contributed by atoms with Crippen molar-refractivity contribution in [3.63, 3.8) is 0 Å². The number of ketones is 1. The molecule has 0 aliphatic heterocycles. The van der Waals surface area contributed by atoms with Crippen molar-refractivity contribution in [2.24, 2.45) is 0 Å². The lowest BCUT2D eigenvalue weighted by Gasteiger charge is -2.11. The minimum Gasteiger partial charge on any atom is -0.395 e. The Morgan fingerprint density at radius 3 is 2.00 bits per heavy atom. The highest BCUT2D eigenvalue weighted by Gasteiger charge is 2.28. The van der Waals surface area contributed by atoms with Gasteiger partial charge < -0.3 is 5.11 Å². The smallest absolute Gasteiger partial charge is 0.183 e. The maximum atomic E-state index is 12.1. The summed E-state index contributed by atoms with van der Waals surface area (Å²) < 4.78 is 23.0. The van der Waals surface area contributed by atoms with Gasteiger partial charge in [-0.2, -0.15) is 0 Å². The number of sulfone groups is 1. The first-order valence-corrected chi connectivity index (χ1v) is 8.38. The van der Waals surface area contributed by atoms with Crippen molar-refractivity contribution >= 4 is 15.6 Å². The second kappa shape index (κ2) is 6.20. The molecule has 1 unspecified atom stereocenters. The van der Waals surface area contributed by atoms with E-state index in [1.54, 1.807) is 24.3 Å². The van der Waals surface area contributed by atoms with Crippen molar-refractivity contribution in [2.45, 2.75) is 5.25 Å². The average molecular weight is 304 g/mol. The molecule has 0 saturated heterocycles. The van der Waals surface area contributed by atoms with Crippen molar-refractivity contribution < 1.29 is 18.3 Å². The lowest BCUT2D eigenvalue weighted by Crippen LogP contribution is -2.33. The van der Waals surface area contributed by atoms with E-state index in [1.165, 1.54) is 0 Å². The van der Waals surface area contributed by atoms with Crippen LogP contribution in [0.5, 0.6) is 0 Å². The molecule has 0 saturated carbocycles. The first-order chi connectivity index (χ1) is 9.93. The summed E-state index contributed by atoms with van der Waals surface area (Å²) in [6.45, 7) is -0.710. The number of Topliss-reactive ketones (excluding diaryl/α,β-unsaturated/α-hetero) is 1. The van der Waals surface area contributed by atoms with E-state index in [4.69, 9.17) is 5.11 Å². The summed E-state index contributed by atoms with van der Waals surface area (Å²) in [5, 5.41) is 7.72. The summed E-state index contributed by atoms with van der Waals surface area (Å²) in [5.74, 6) is -0.584. The van der Waals surface area contributed by atoms with Gasteiger partial charge in [0.15, 0.2) is 15.6 Å². The Bertz CT molecular complexity index is 719. The van der Waals surface area contributed by atoms with Crippen LogP contribution in [0.15, 0.2) is 54.6 Å². The molecule has 0 amide bonds. The van der Waals surface area contributed by atoms with Crippen molar-refractivity contribution in [3.8, 4) is 11.1 Å². The van der Waals surface area contributed by atoms with Gasteiger partial charge in [-0.15, -0.1) is 0 Å². The molecule has 0 fully saturated rings. The highest BCUT2D eigenvalue weighted by Crippen LogP contribution is 2.20. The minimum absolute atomic E-state index is 0.277. The maximum absolute atomic E-state index is 12.1. The van der Waals surface area contributed by atoms with Crippen LogP contribution in [-0.2, 0) is 9.84 Å². The van der Waals surface area contributed by atoms with Crippen molar-refractivity contribution in [2.75, 3.05) is 12.9 Å². The van der Waals surface area contributed by atoms with Crippen LogP contribution in [0.3, 0.4) is 0 Å². The Labute approximate surface area is 124 Å². The Morgan fingerprint density at radius 2 is 1.52 bits per heavy atom. The largest absolute Gasteiger partial charge is 0.395 e. The lowest BCUT2D eigenvalue weighted by molar-refractivity contribution is 0.0962. The molecule has 0 aliphatic carbocycles. The zero-order valence-corrected chi connectivity index (χ0v) is 12.4. The third-order valence-electron chi connectivity index (χ3n) is 3.25. The van der Waals surface area contributed by atoms with Crippen LogP contribution >= 0.6 is 0 Å². The van der Waals surface area contributed by atoms with Crippen LogP contribution in [-0.4, -0.2) is 37.4 Å². The SMILES string of the molecule is CS(=O)(=O)C(CO)C(=O)c1ccc(-c2ccccc2)cc1. The molecule has 2 rings (SSSR count). The quantitative estimate of drug-likeness (QED) is 0.857. The number of hydrogen-bond donors (Lipinski definition) is 1. The number of hydrogen-bond acceptors (Lipinski definition) is 4. The van der Waals surface area contributed by atoms with Crippen molar-refractivity contribution in [3.05, 3.63) is 60.2 Å². The molecule has 21 heavy (non-hydrogen) atoms. The van der Waals surface area contributed by atoms with Crippen LogP contribution in [0.25, 0.3) is 11.1 Å². The fraction of sp³-hybridized carbons (Fsp3) is 0.188.